The third-order valence-corrected chi connectivity index (χ3v) is 3.12. The highest BCUT2D eigenvalue weighted by atomic mass is 32.2. The van der Waals surface area contributed by atoms with Gasteiger partial charge in [0, 0.05) is 6.07 Å². The van der Waals surface area contributed by atoms with Gasteiger partial charge in [-0.3, -0.25) is 0 Å². The van der Waals surface area contributed by atoms with Crippen LogP contribution in [0.2, 0.25) is 0 Å². The van der Waals surface area contributed by atoms with Crippen LogP contribution in [0.5, 0.6) is 0 Å². The summed E-state index contributed by atoms with van der Waals surface area (Å²) in [6.07, 6.45) is -2.41. The third-order valence-electron chi connectivity index (χ3n) is 2.57. The van der Waals surface area contributed by atoms with Crippen molar-refractivity contribution in [3.05, 3.63) is 6.07 Å². The Morgan fingerprint density at radius 2 is 2.06 bits per heavy atom. The lowest BCUT2D eigenvalue weighted by Crippen LogP contribution is -2.39. The van der Waals surface area contributed by atoms with Crippen molar-refractivity contribution in [1.29, 1.82) is 0 Å². The number of nitrogen functional groups attached to an aromatic ring is 1. The molecule has 0 aromatic carbocycles. The molecule has 1 saturated carbocycles. The van der Waals surface area contributed by atoms with Gasteiger partial charge in [0.15, 0.2) is 5.16 Å². The second-order valence-electron chi connectivity index (χ2n) is 3.87. The van der Waals surface area contributed by atoms with Gasteiger partial charge in [0.05, 0.1) is 0 Å². The van der Waals surface area contributed by atoms with Gasteiger partial charge in [-0.05, 0) is 19.1 Å². The van der Waals surface area contributed by atoms with Crippen LogP contribution in [0, 0.1) is 0 Å². The van der Waals surface area contributed by atoms with Crippen molar-refractivity contribution in [2.24, 2.45) is 0 Å². The summed E-state index contributed by atoms with van der Waals surface area (Å²) >= 11 is 1.23. The maximum absolute atomic E-state index is 12.7. The average Bonchev–Trinajstić information content (AvgIpc) is 2.97. The number of hydrogen-bond donors (Lipinski definition) is 2. The molecule has 8 heteroatoms. The van der Waals surface area contributed by atoms with Crippen molar-refractivity contribution < 1.29 is 13.2 Å². The van der Waals surface area contributed by atoms with Gasteiger partial charge in [-0.25, -0.2) is 9.97 Å². The SMILES string of the molecule is CSc1nc(N)cc(NC2(C(F)(F)F)CC2)n1. The zero-order chi connectivity index (χ0) is 12.7. The number of thioether (sulfide) groups is 1. The normalized spacial score (nSPS) is 17.9. The van der Waals surface area contributed by atoms with E-state index in [9.17, 15) is 13.2 Å². The highest BCUT2D eigenvalue weighted by Crippen LogP contribution is 2.51. The van der Waals surface area contributed by atoms with Gasteiger partial charge in [0.1, 0.15) is 17.2 Å². The number of halogens is 3. The Morgan fingerprint density at radius 3 is 2.53 bits per heavy atom. The minimum Gasteiger partial charge on any atom is -0.383 e. The summed E-state index contributed by atoms with van der Waals surface area (Å²) in [4.78, 5) is 7.82. The van der Waals surface area contributed by atoms with Crippen molar-refractivity contribution in [2.75, 3.05) is 17.3 Å². The number of nitrogens with two attached hydrogens (primary N) is 1. The van der Waals surface area contributed by atoms with E-state index < -0.39 is 11.7 Å². The quantitative estimate of drug-likeness (QED) is 0.647. The molecule has 94 valence electrons. The van der Waals surface area contributed by atoms with Crippen molar-refractivity contribution in [3.63, 3.8) is 0 Å². The standard InChI is InChI=1S/C9H11F3N4S/c1-17-7-14-5(13)4-6(15-7)16-8(2-3-8)9(10,11)12/h4H,2-3H2,1H3,(H3,13,14,15,16). The molecule has 0 radical (unpaired) electrons. The molecule has 4 nitrogen and oxygen atoms in total. The Morgan fingerprint density at radius 1 is 1.41 bits per heavy atom. The van der Waals surface area contributed by atoms with E-state index in [4.69, 9.17) is 5.73 Å². The summed E-state index contributed by atoms with van der Waals surface area (Å²) in [7, 11) is 0. The zero-order valence-electron chi connectivity index (χ0n) is 9.01. The lowest BCUT2D eigenvalue weighted by molar-refractivity contribution is -0.151. The Kier molecular flexibility index (Phi) is 2.84. The average molecular weight is 264 g/mol. The molecule has 1 aliphatic rings. The van der Waals surface area contributed by atoms with Crippen molar-refractivity contribution >= 4 is 23.4 Å². The Hall–Kier alpha value is -1.18. The molecule has 0 spiro atoms. The second-order valence-corrected chi connectivity index (χ2v) is 4.64. The van der Waals surface area contributed by atoms with Crippen molar-refractivity contribution in [2.45, 2.75) is 29.7 Å². The number of aromatic nitrogens is 2. The van der Waals surface area contributed by atoms with E-state index in [1.165, 1.54) is 17.8 Å². The Balaban J connectivity index is 2.22. The lowest BCUT2D eigenvalue weighted by atomic mass is 10.2. The molecule has 1 aromatic heterocycles. The van der Waals surface area contributed by atoms with E-state index in [1.54, 1.807) is 6.26 Å². The van der Waals surface area contributed by atoms with E-state index in [0.717, 1.165) is 0 Å². The molecule has 1 heterocycles. The molecule has 3 N–H and O–H groups in total. The first-order valence-electron chi connectivity index (χ1n) is 4.90. The number of nitrogens with one attached hydrogen (secondary N) is 1. The zero-order valence-corrected chi connectivity index (χ0v) is 9.82. The van der Waals surface area contributed by atoms with Gasteiger partial charge in [-0.1, -0.05) is 11.8 Å². The molecule has 1 aliphatic carbocycles. The number of hydrogen-bond acceptors (Lipinski definition) is 5. The minimum absolute atomic E-state index is 0.0645. The number of alkyl halides is 3. The maximum atomic E-state index is 12.7. The first kappa shape index (κ1) is 12.3. The van der Waals surface area contributed by atoms with Gasteiger partial charge in [0.25, 0.3) is 0 Å². The third kappa shape index (κ3) is 2.41. The minimum atomic E-state index is -4.27. The molecule has 2 rings (SSSR count). The van der Waals surface area contributed by atoms with Crippen LogP contribution in [0.4, 0.5) is 24.8 Å². The van der Waals surface area contributed by atoms with Gasteiger partial charge in [-0.15, -0.1) is 0 Å². The summed E-state index contributed by atoms with van der Waals surface area (Å²) in [6, 6.07) is 1.31. The largest absolute Gasteiger partial charge is 0.411 e. The smallest absolute Gasteiger partial charge is 0.383 e. The summed E-state index contributed by atoms with van der Waals surface area (Å²) in [5.74, 6) is 0.279. The van der Waals surface area contributed by atoms with Gasteiger partial charge < -0.3 is 11.1 Å². The van der Waals surface area contributed by atoms with Crippen LogP contribution in [0.15, 0.2) is 11.2 Å². The topological polar surface area (TPSA) is 63.8 Å². The first-order valence-corrected chi connectivity index (χ1v) is 6.12. The molecule has 0 atom stereocenters. The summed E-state index contributed by atoms with van der Waals surface area (Å²) in [6.45, 7) is 0. The highest BCUT2D eigenvalue weighted by molar-refractivity contribution is 7.98. The molecular formula is C9H11F3N4S. The van der Waals surface area contributed by atoms with Crippen molar-refractivity contribution in [3.8, 4) is 0 Å². The van der Waals surface area contributed by atoms with Crippen LogP contribution in [0.25, 0.3) is 0 Å². The summed E-state index contributed by atoms with van der Waals surface area (Å²) in [5.41, 5.74) is 3.67. The molecule has 1 fully saturated rings. The van der Waals surface area contributed by atoms with E-state index in [2.05, 4.69) is 15.3 Å². The van der Waals surface area contributed by atoms with Crippen molar-refractivity contribution in [1.82, 2.24) is 9.97 Å². The van der Waals surface area contributed by atoms with E-state index in [0.29, 0.717) is 5.16 Å². The van der Waals surface area contributed by atoms with Crippen LogP contribution in [-0.4, -0.2) is 27.9 Å². The molecule has 0 aliphatic heterocycles. The van der Waals surface area contributed by atoms with Gasteiger partial charge in [0.2, 0.25) is 0 Å². The monoisotopic (exact) mass is 264 g/mol. The molecule has 0 bridgehead atoms. The number of rotatable bonds is 3. The van der Waals surface area contributed by atoms with Crippen LogP contribution < -0.4 is 11.1 Å². The second kappa shape index (κ2) is 3.94. The molecule has 17 heavy (non-hydrogen) atoms. The molecule has 0 unspecified atom stereocenters. The Labute approximate surface area is 100 Å². The fourth-order valence-corrected chi connectivity index (χ4v) is 1.83. The van der Waals surface area contributed by atoms with E-state index in [-0.39, 0.29) is 24.5 Å². The predicted molar refractivity (Wildman–Crippen MR) is 59.9 cm³/mol. The molecule has 0 saturated heterocycles. The molecular weight excluding hydrogens is 253 g/mol. The van der Waals surface area contributed by atoms with Crippen LogP contribution in [0.3, 0.4) is 0 Å². The number of anilines is 2. The predicted octanol–water partition coefficient (Wildman–Crippen LogP) is 2.29. The Bertz CT molecular complexity index is 431. The first-order chi connectivity index (χ1) is 7.86. The summed E-state index contributed by atoms with van der Waals surface area (Å²) < 4.78 is 38.2. The molecule has 0 amide bonds. The molecule has 1 aromatic rings. The summed E-state index contributed by atoms with van der Waals surface area (Å²) in [5, 5.41) is 2.77. The van der Waals surface area contributed by atoms with Gasteiger partial charge in [-0.2, -0.15) is 13.2 Å². The van der Waals surface area contributed by atoms with E-state index in [1.807, 2.05) is 0 Å². The van der Waals surface area contributed by atoms with Crippen LogP contribution in [0.1, 0.15) is 12.8 Å². The van der Waals surface area contributed by atoms with Crippen LogP contribution >= 0.6 is 11.8 Å². The maximum Gasteiger partial charge on any atom is 0.411 e. The number of nitrogens with zero attached hydrogens (tertiary/aromatic N) is 2. The fraction of sp³-hybridized carbons (Fsp3) is 0.556. The van der Waals surface area contributed by atoms with E-state index >= 15 is 0 Å². The van der Waals surface area contributed by atoms with Gasteiger partial charge >= 0.3 is 6.18 Å². The fourth-order valence-electron chi connectivity index (χ4n) is 1.45. The lowest BCUT2D eigenvalue weighted by Gasteiger charge is -2.21. The van der Waals surface area contributed by atoms with Crippen LogP contribution in [-0.2, 0) is 0 Å². The highest BCUT2D eigenvalue weighted by Gasteiger charge is 2.63.